The highest BCUT2D eigenvalue weighted by molar-refractivity contribution is 8.76. The smallest absolute Gasteiger partial charge is 0.107 e. The molecule has 94 valence electrons. The highest BCUT2D eigenvalue weighted by Gasteiger charge is 2.03. The van der Waals surface area contributed by atoms with Gasteiger partial charge in [-0.25, -0.2) is 9.97 Å². The summed E-state index contributed by atoms with van der Waals surface area (Å²) >= 11 is 0. The van der Waals surface area contributed by atoms with Crippen molar-refractivity contribution in [2.45, 2.75) is 37.7 Å². The predicted octanol–water partition coefficient (Wildman–Crippen LogP) is 4.51. The molecule has 2 rings (SSSR count). The Bertz CT molecular complexity index is 476. The molecule has 2 heterocycles. The summed E-state index contributed by atoms with van der Waals surface area (Å²) in [5, 5.41) is 2.08. The Balaban J connectivity index is 2.11. The summed E-state index contributed by atoms with van der Waals surface area (Å²) in [7, 11) is 3.32. The Hall–Kier alpha value is -1.00. The van der Waals surface area contributed by atoms with E-state index in [9.17, 15) is 0 Å². The second-order valence-corrected chi connectivity index (χ2v) is 6.58. The van der Waals surface area contributed by atoms with Crippen molar-refractivity contribution < 1.29 is 0 Å². The van der Waals surface area contributed by atoms with Crippen molar-refractivity contribution in [3.05, 3.63) is 46.8 Å². The van der Waals surface area contributed by atoms with Gasteiger partial charge in [-0.3, -0.25) is 0 Å². The van der Waals surface area contributed by atoms with Gasteiger partial charge in [0.2, 0.25) is 0 Å². The van der Waals surface area contributed by atoms with E-state index in [1.807, 2.05) is 13.8 Å². The van der Waals surface area contributed by atoms with E-state index >= 15 is 0 Å². The molecule has 2 nitrogen and oxygen atoms in total. The van der Waals surface area contributed by atoms with E-state index in [0.717, 1.165) is 21.4 Å². The molecule has 0 unspecified atom stereocenters. The molecule has 0 saturated heterocycles. The van der Waals surface area contributed by atoms with Gasteiger partial charge in [0.25, 0.3) is 0 Å². The van der Waals surface area contributed by atoms with E-state index in [-0.39, 0.29) is 0 Å². The van der Waals surface area contributed by atoms with Gasteiger partial charge in [-0.2, -0.15) is 0 Å². The SMILES string of the molecule is Cc1cc(C)nc(SSc2cc(C)cc(C)n2)c1. The van der Waals surface area contributed by atoms with Gasteiger partial charge in [0.05, 0.1) is 0 Å². The topological polar surface area (TPSA) is 25.8 Å². The molecule has 0 amide bonds. The summed E-state index contributed by atoms with van der Waals surface area (Å²) < 4.78 is 0. The predicted molar refractivity (Wildman–Crippen MR) is 79.1 cm³/mol. The second-order valence-electron chi connectivity index (χ2n) is 4.41. The Morgan fingerprint density at radius 3 is 1.39 bits per heavy atom. The van der Waals surface area contributed by atoms with Crippen LogP contribution in [0.1, 0.15) is 22.5 Å². The van der Waals surface area contributed by atoms with Crippen LogP contribution in [0.15, 0.2) is 34.3 Å². The molecule has 4 heteroatoms. The van der Waals surface area contributed by atoms with Crippen molar-refractivity contribution in [3.63, 3.8) is 0 Å². The molecular formula is C14H16N2S2. The normalized spacial score (nSPS) is 10.7. The lowest BCUT2D eigenvalue weighted by atomic mass is 10.3. The van der Waals surface area contributed by atoms with Gasteiger partial charge in [-0.05, 0) is 84.7 Å². The average Bonchev–Trinajstić information content (AvgIpc) is 2.23. The summed E-state index contributed by atoms with van der Waals surface area (Å²) in [5.41, 5.74) is 4.62. The van der Waals surface area contributed by atoms with E-state index in [0.29, 0.717) is 0 Å². The molecular weight excluding hydrogens is 260 g/mol. The first-order valence-corrected chi connectivity index (χ1v) is 7.93. The van der Waals surface area contributed by atoms with Crippen LogP contribution in [0.5, 0.6) is 0 Å². The molecule has 2 aromatic heterocycles. The summed E-state index contributed by atoms with van der Waals surface area (Å²) in [6.45, 7) is 8.24. The lowest BCUT2D eigenvalue weighted by Crippen LogP contribution is -1.87. The third-order valence-electron chi connectivity index (χ3n) is 2.36. The molecule has 0 bridgehead atoms. The third-order valence-corrected chi connectivity index (χ3v) is 4.48. The van der Waals surface area contributed by atoms with Gasteiger partial charge in [0, 0.05) is 11.4 Å². The van der Waals surface area contributed by atoms with Crippen molar-refractivity contribution in [1.82, 2.24) is 9.97 Å². The van der Waals surface area contributed by atoms with Gasteiger partial charge < -0.3 is 0 Å². The first kappa shape index (κ1) is 13.4. The summed E-state index contributed by atoms with van der Waals surface area (Å²) in [6, 6.07) is 8.38. The number of hydrogen-bond donors (Lipinski definition) is 0. The summed E-state index contributed by atoms with van der Waals surface area (Å²) in [4.78, 5) is 9.02. The molecule has 0 aliphatic rings. The maximum absolute atomic E-state index is 4.51. The molecule has 0 aliphatic carbocycles. The molecule has 0 radical (unpaired) electrons. The minimum atomic E-state index is 1.04. The molecule has 0 aliphatic heterocycles. The highest BCUT2D eigenvalue weighted by atomic mass is 33.1. The van der Waals surface area contributed by atoms with Crippen LogP contribution in [0.25, 0.3) is 0 Å². The molecule has 0 fully saturated rings. The Morgan fingerprint density at radius 1 is 0.667 bits per heavy atom. The van der Waals surface area contributed by atoms with Crippen molar-refractivity contribution in [3.8, 4) is 0 Å². The van der Waals surface area contributed by atoms with Gasteiger partial charge in [-0.1, -0.05) is 0 Å². The second kappa shape index (κ2) is 5.76. The lowest BCUT2D eigenvalue weighted by molar-refractivity contribution is 1.05. The number of aromatic nitrogens is 2. The minimum absolute atomic E-state index is 1.04. The maximum Gasteiger partial charge on any atom is 0.107 e. The number of hydrogen-bond acceptors (Lipinski definition) is 4. The van der Waals surface area contributed by atoms with Crippen LogP contribution in [0.2, 0.25) is 0 Å². The van der Waals surface area contributed by atoms with Crippen molar-refractivity contribution in [1.29, 1.82) is 0 Å². The number of nitrogens with zero attached hydrogens (tertiary/aromatic N) is 2. The fourth-order valence-electron chi connectivity index (χ4n) is 1.78. The minimum Gasteiger partial charge on any atom is -0.246 e. The van der Waals surface area contributed by atoms with E-state index in [1.54, 1.807) is 21.6 Å². The molecule has 0 aromatic carbocycles. The lowest BCUT2D eigenvalue weighted by Gasteiger charge is -2.04. The molecule has 0 atom stereocenters. The van der Waals surface area contributed by atoms with Crippen LogP contribution < -0.4 is 0 Å². The molecule has 18 heavy (non-hydrogen) atoms. The Kier molecular flexibility index (Phi) is 4.30. The quantitative estimate of drug-likeness (QED) is 0.770. The van der Waals surface area contributed by atoms with E-state index < -0.39 is 0 Å². The third kappa shape index (κ3) is 3.75. The Morgan fingerprint density at radius 2 is 1.06 bits per heavy atom. The van der Waals surface area contributed by atoms with Crippen LogP contribution in [0, 0.1) is 27.7 Å². The fourth-order valence-corrected chi connectivity index (χ4v) is 3.81. The van der Waals surface area contributed by atoms with Crippen molar-refractivity contribution >= 4 is 21.6 Å². The van der Waals surface area contributed by atoms with Crippen LogP contribution in [-0.2, 0) is 0 Å². The summed E-state index contributed by atoms with van der Waals surface area (Å²) in [6.07, 6.45) is 0. The van der Waals surface area contributed by atoms with E-state index in [2.05, 4.69) is 48.1 Å². The molecule has 0 spiro atoms. The van der Waals surface area contributed by atoms with Crippen LogP contribution >= 0.6 is 21.6 Å². The Labute approximate surface area is 116 Å². The van der Waals surface area contributed by atoms with Gasteiger partial charge in [-0.15, -0.1) is 0 Å². The number of aryl methyl sites for hydroxylation is 4. The fraction of sp³-hybridized carbons (Fsp3) is 0.286. The van der Waals surface area contributed by atoms with Gasteiger partial charge in [0.15, 0.2) is 0 Å². The first-order valence-electron chi connectivity index (χ1n) is 5.78. The van der Waals surface area contributed by atoms with E-state index in [4.69, 9.17) is 0 Å². The van der Waals surface area contributed by atoms with Crippen LogP contribution in [-0.4, -0.2) is 9.97 Å². The zero-order valence-corrected chi connectivity index (χ0v) is 12.7. The van der Waals surface area contributed by atoms with Crippen molar-refractivity contribution in [2.75, 3.05) is 0 Å². The summed E-state index contributed by atoms with van der Waals surface area (Å²) in [5.74, 6) is 0. The number of rotatable bonds is 3. The van der Waals surface area contributed by atoms with E-state index in [1.165, 1.54) is 11.1 Å². The van der Waals surface area contributed by atoms with Crippen LogP contribution in [0.3, 0.4) is 0 Å². The zero-order chi connectivity index (χ0) is 13.1. The largest absolute Gasteiger partial charge is 0.246 e. The first-order chi connectivity index (χ1) is 8.52. The average molecular weight is 276 g/mol. The molecule has 2 aromatic rings. The maximum atomic E-state index is 4.51. The number of pyridine rings is 2. The van der Waals surface area contributed by atoms with Gasteiger partial charge in [0.1, 0.15) is 10.1 Å². The molecule has 0 N–H and O–H groups in total. The highest BCUT2D eigenvalue weighted by Crippen LogP contribution is 2.36. The standard InChI is InChI=1S/C14H16N2S2/c1-9-5-11(3)15-13(7-9)17-18-14-8-10(2)6-12(4)16-14/h5-8H,1-4H3. The van der Waals surface area contributed by atoms with Crippen molar-refractivity contribution in [2.24, 2.45) is 0 Å². The van der Waals surface area contributed by atoms with Crippen LogP contribution in [0.4, 0.5) is 0 Å². The molecule has 0 saturated carbocycles. The monoisotopic (exact) mass is 276 g/mol. The van der Waals surface area contributed by atoms with Gasteiger partial charge >= 0.3 is 0 Å². The zero-order valence-electron chi connectivity index (χ0n) is 11.0.